The van der Waals surface area contributed by atoms with Crippen molar-refractivity contribution < 1.29 is 9.18 Å². The Labute approximate surface area is 203 Å². The molecule has 1 amide bonds. The smallest absolute Gasteiger partial charge is 0.233 e. The number of rotatable bonds is 5. The van der Waals surface area contributed by atoms with Gasteiger partial charge in [-0.15, -0.1) is 0 Å². The minimum Gasteiger partial charge on any atom is -0.368 e. The summed E-state index contributed by atoms with van der Waals surface area (Å²) in [6.07, 6.45) is 1.52. The van der Waals surface area contributed by atoms with E-state index in [1.807, 2.05) is 29.2 Å². The highest BCUT2D eigenvalue weighted by Crippen LogP contribution is 2.34. The molecule has 4 aromatic rings. The number of amides is 1. The van der Waals surface area contributed by atoms with E-state index < -0.39 is 0 Å². The summed E-state index contributed by atoms with van der Waals surface area (Å²) >= 11 is 8.75. The molecule has 2 aromatic heterocycles. The van der Waals surface area contributed by atoms with Crippen LogP contribution < -0.4 is 4.90 Å². The topological polar surface area (TPSA) is 62.2 Å². The number of hydrogen-bond donors (Lipinski definition) is 0. The van der Waals surface area contributed by atoms with Gasteiger partial charge in [-0.3, -0.25) is 4.79 Å². The van der Waals surface area contributed by atoms with Gasteiger partial charge < -0.3 is 9.80 Å². The Hall–Kier alpha value is -2.75. The third kappa shape index (κ3) is 4.80. The second kappa shape index (κ2) is 9.62. The first-order chi connectivity index (χ1) is 16.1. The van der Waals surface area contributed by atoms with Crippen LogP contribution in [0.25, 0.3) is 21.5 Å². The second-order valence-corrected chi connectivity index (χ2v) is 9.70. The summed E-state index contributed by atoms with van der Waals surface area (Å²) < 4.78 is 18.6. The van der Waals surface area contributed by atoms with E-state index in [0.29, 0.717) is 23.9 Å². The summed E-state index contributed by atoms with van der Waals surface area (Å²) in [5.41, 5.74) is 3.48. The number of benzene rings is 2. The van der Waals surface area contributed by atoms with Crippen molar-refractivity contribution in [2.24, 2.45) is 0 Å². The molecule has 3 heterocycles. The summed E-state index contributed by atoms with van der Waals surface area (Å²) in [7, 11) is 0. The van der Waals surface area contributed by atoms with Crippen LogP contribution >= 0.6 is 34.9 Å². The van der Waals surface area contributed by atoms with Crippen LogP contribution in [0.15, 0.2) is 59.9 Å². The maximum Gasteiger partial charge on any atom is 0.233 e. The van der Waals surface area contributed by atoms with Crippen LogP contribution in [0.5, 0.6) is 0 Å². The van der Waals surface area contributed by atoms with Gasteiger partial charge >= 0.3 is 0 Å². The molecule has 5 rings (SSSR count). The molecule has 1 fully saturated rings. The van der Waals surface area contributed by atoms with Crippen LogP contribution in [0, 0.1) is 5.82 Å². The van der Waals surface area contributed by atoms with Crippen molar-refractivity contribution in [2.75, 3.05) is 36.8 Å². The van der Waals surface area contributed by atoms with E-state index in [9.17, 15) is 9.18 Å². The van der Waals surface area contributed by atoms with Crippen molar-refractivity contribution in [3.63, 3.8) is 0 Å². The Morgan fingerprint density at radius 3 is 2.48 bits per heavy atom. The molecule has 0 atom stereocenters. The number of aromatic nitrogens is 3. The van der Waals surface area contributed by atoms with Gasteiger partial charge in [0, 0.05) is 42.5 Å². The number of carbonyl (C=O) groups is 1. The number of hydrogen-bond acceptors (Lipinski definition) is 7. The normalized spacial score (nSPS) is 14.1. The van der Waals surface area contributed by atoms with Crippen molar-refractivity contribution in [3.8, 4) is 11.3 Å². The Balaban J connectivity index is 1.22. The van der Waals surface area contributed by atoms with Gasteiger partial charge in [0.25, 0.3) is 0 Å². The van der Waals surface area contributed by atoms with E-state index in [0.717, 1.165) is 45.3 Å². The zero-order valence-electron chi connectivity index (χ0n) is 17.4. The summed E-state index contributed by atoms with van der Waals surface area (Å²) in [5.74, 6) is 0.134. The lowest BCUT2D eigenvalue weighted by molar-refractivity contribution is -0.128. The maximum atomic E-state index is 13.2. The van der Waals surface area contributed by atoms with Crippen LogP contribution in [-0.2, 0) is 4.79 Å². The summed E-state index contributed by atoms with van der Waals surface area (Å²) in [4.78, 5) is 25.7. The van der Waals surface area contributed by atoms with Gasteiger partial charge in [-0.05, 0) is 47.9 Å². The molecule has 0 saturated carbocycles. The molecule has 2 aromatic carbocycles. The predicted molar refractivity (Wildman–Crippen MR) is 132 cm³/mol. The molecule has 6 nitrogen and oxygen atoms in total. The average Bonchev–Trinajstić information content (AvgIpc) is 3.28. The lowest BCUT2D eigenvalue weighted by atomic mass is 10.1. The molecule has 0 radical (unpaired) electrons. The van der Waals surface area contributed by atoms with Crippen LogP contribution in [0.1, 0.15) is 0 Å². The van der Waals surface area contributed by atoms with Crippen molar-refractivity contribution in [1.29, 1.82) is 0 Å². The fourth-order valence-electron chi connectivity index (χ4n) is 3.73. The van der Waals surface area contributed by atoms with Crippen molar-refractivity contribution >= 4 is 56.7 Å². The number of nitrogens with zero attached hydrogens (tertiary/aromatic N) is 5. The minimum absolute atomic E-state index is 0.0768. The molecule has 0 unspecified atom stereocenters. The van der Waals surface area contributed by atoms with Crippen LogP contribution in [-0.4, -0.2) is 57.1 Å². The lowest BCUT2D eigenvalue weighted by Gasteiger charge is -2.36. The molecule has 1 saturated heterocycles. The Bertz CT molecular complexity index is 1270. The van der Waals surface area contributed by atoms with Gasteiger partial charge in [0.1, 0.15) is 33.1 Å². The number of thioether (sulfide) groups is 1. The fourth-order valence-corrected chi connectivity index (χ4v) is 5.68. The summed E-state index contributed by atoms with van der Waals surface area (Å²) in [6, 6.07) is 14.0. The number of anilines is 1. The molecule has 168 valence electrons. The first-order valence-corrected chi connectivity index (χ1v) is 12.5. The zero-order valence-corrected chi connectivity index (χ0v) is 19.8. The molecule has 33 heavy (non-hydrogen) atoms. The van der Waals surface area contributed by atoms with Gasteiger partial charge in [-0.25, -0.2) is 14.4 Å². The molecular weight excluding hydrogens is 481 g/mol. The van der Waals surface area contributed by atoms with Gasteiger partial charge in [-0.2, -0.15) is 4.37 Å². The zero-order chi connectivity index (χ0) is 22.8. The Morgan fingerprint density at radius 2 is 1.76 bits per heavy atom. The van der Waals surface area contributed by atoms with Crippen molar-refractivity contribution in [3.05, 3.63) is 65.7 Å². The van der Waals surface area contributed by atoms with Crippen LogP contribution in [0.2, 0.25) is 5.02 Å². The SMILES string of the molecule is O=C(CSc1ncnc2c(-c3ccc(Cl)cc3)nsc12)N1CCN(c2ccc(F)cc2)CC1. The standard InChI is InChI=1S/C23H19ClFN5OS2/c24-16-3-1-15(2-4-16)20-21-22(33-28-20)23(27-14-26-21)32-13-19(31)30-11-9-29(10-12-30)18-7-5-17(25)6-8-18/h1-8,14H,9-13H2. The maximum absolute atomic E-state index is 13.2. The van der Waals surface area contributed by atoms with E-state index in [2.05, 4.69) is 19.2 Å². The third-order valence-electron chi connectivity index (χ3n) is 5.50. The van der Waals surface area contributed by atoms with E-state index in [1.165, 1.54) is 41.8 Å². The van der Waals surface area contributed by atoms with Gasteiger partial charge in [0.05, 0.1) is 5.75 Å². The van der Waals surface area contributed by atoms with E-state index in [-0.39, 0.29) is 11.7 Å². The number of piperazine rings is 1. The lowest BCUT2D eigenvalue weighted by Crippen LogP contribution is -2.49. The molecule has 0 spiro atoms. The van der Waals surface area contributed by atoms with E-state index in [1.54, 1.807) is 12.1 Å². The largest absolute Gasteiger partial charge is 0.368 e. The monoisotopic (exact) mass is 499 g/mol. The number of carbonyl (C=O) groups excluding carboxylic acids is 1. The van der Waals surface area contributed by atoms with Gasteiger partial charge in [0.2, 0.25) is 5.91 Å². The number of fused-ring (bicyclic) bond motifs is 1. The molecular formula is C23H19ClFN5OS2. The first kappa shape index (κ1) is 22.1. The second-order valence-electron chi connectivity index (χ2n) is 7.53. The Kier molecular flexibility index (Phi) is 6.43. The highest BCUT2D eigenvalue weighted by Gasteiger charge is 2.22. The van der Waals surface area contributed by atoms with E-state index in [4.69, 9.17) is 11.6 Å². The molecule has 0 bridgehead atoms. The van der Waals surface area contributed by atoms with Gasteiger partial charge in [0.15, 0.2) is 0 Å². The minimum atomic E-state index is -0.246. The number of halogens is 2. The van der Waals surface area contributed by atoms with E-state index >= 15 is 0 Å². The molecule has 10 heteroatoms. The summed E-state index contributed by atoms with van der Waals surface area (Å²) in [5, 5.41) is 1.43. The third-order valence-corrected chi connectivity index (χ3v) is 7.70. The fraction of sp³-hybridized carbons (Fsp3) is 0.217. The molecule has 0 N–H and O–H groups in total. The predicted octanol–water partition coefficient (Wildman–Crippen LogP) is 4.99. The highest BCUT2D eigenvalue weighted by molar-refractivity contribution is 8.00. The Morgan fingerprint density at radius 1 is 1.03 bits per heavy atom. The first-order valence-electron chi connectivity index (χ1n) is 10.4. The van der Waals surface area contributed by atoms with Crippen molar-refractivity contribution in [2.45, 2.75) is 5.03 Å². The summed E-state index contributed by atoms with van der Waals surface area (Å²) in [6.45, 7) is 2.71. The average molecular weight is 500 g/mol. The molecule has 1 aliphatic heterocycles. The molecule has 1 aliphatic rings. The van der Waals surface area contributed by atoms with Crippen LogP contribution in [0.4, 0.5) is 10.1 Å². The van der Waals surface area contributed by atoms with Gasteiger partial charge in [-0.1, -0.05) is 35.5 Å². The molecule has 0 aliphatic carbocycles. The van der Waals surface area contributed by atoms with Crippen molar-refractivity contribution in [1.82, 2.24) is 19.2 Å². The highest BCUT2D eigenvalue weighted by atomic mass is 35.5. The quantitative estimate of drug-likeness (QED) is 0.285. The van der Waals surface area contributed by atoms with Crippen LogP contribution in [0.3, 0.4) is 0 Å².